The van der Waals surface area contributed by atoms with Crippen molar-refractivity contribution < 1.29 is 22.8 Å². The Kier molecular flexibility index (Phi) is 5.18. The van der Waals surface area contributed by atoms with Gasteiger partial charge in [0.25, 0.3) is 0 Å². The number of nitrogens with zero attached hydrogens (tertiary/aromatic N) is 2. The van der Waals surface area contributed by atoms with Gasteiger partial charge in [-0.3, -0.25) is 0 Å². The van der Waals surface area contributed by atoms with Crippen LogP contribution in [0, 0.1) is 0 Å². The third-order valence-corrected chi connectivity index (χ3v) is 3.75. The van der Waals surface area contributed by atoms with Gasteiger partial charge in [0.2, 0.25) is 0 Å². The average Bonchev–Trinajstić information content (AvgIpc) is 2.99. The van der Waals surface area contributed by atoms with Crippen LogP contribution in [0.25, 0.3) is 21.8 Å². The summed E-state index contributed by atoms with van der Waals surface area (Å²) in [5, 5.41) is 29.9. The van der Waals surface area contributed by atoms with Gasteiger partial charge in [-0.25, -0.2) is 4.79 Å². The SMILES string of the molecule is O=S(=O)=O.O=c1[nH]c2cc(O)c(N=Nc3c(O)ccc4ccccc34)cc2[nH]1. The van der Waals surface area contributed by atoms with Gasteiger partial charge in [0, 0.05) is 11.5 Å². The summed E-state index contributed by atoms with van der Waals surface area (Å²) >= 11 is 0. The Morgan fingerprint density at radius 2 is 1.46 bits per heavy atom. The number of rotatable bonds is 2. The number of aromatic amines is 2. The van der Waals surface area contributed by atoms with Gasteiger partial charge in [-0.15, -0.1) is 22.9 Å². The molecular formula is C17H12N4O6S. The molecule has 0 atom stereocenters. The fourth-order valence-corrected chi connectivity index (χ4v) is 2.59. The highest BCUT2D eigenvalue weighted by molar-refractivity contribution is 7.59. The molecular weight excluding hydrogens is 388 g/mol. The molecule has 0 radical (unpaired) electrons. The minimum absolute atomic E-state index is 0.00642. The summed E-state index contributed by atoms with van der Waals surface area (Å²) in [6.45, 7) is 0. The molecule has 10 nitrogen and oxygen atoms in total. The molecule has 4 N–H and O–H groups in total. The lowest BCUT2D eigenvalue weighted by Crippen LogP contribution is -1.99. The molecule has 0 aliphatic rings. The van der Waals surface area contributed by atoms with Crippen LogP contribution in [0.1, 0.15) is 0 Å². The number of aromatic nitrogens is 2. The first kappa shape index (κ1) is 18.8. The van der Waals surface area contributed by atoms with E-state index in [2.05, 4.69) is 20.2 Å². The van der Waals surface area contributed by atoms with Crippen molar-refractivity contribution in [3.63, 3.8) is 0 Å². The largest absolute Gasteiger partial charge is 0.506 e. The van der Waals surface area contributed by atoms with E-state index in [9.17, 15) is 15.0 Å². The van der Waals surface area contributed by atoms with Crippen LogP contribution in [-0.2, 0) is 10.6 Å². The first-order valence-corrected chi connectivity index (χ1v) is 8.69. The second kappa shape index (κ2) is 7.72. The maximum atomic E-state index is 11.3. The molecule has 0 amide bonds. The molecule has 11 heteroatoms. The number of H-pyrrole nitrogens is 2. The van der Waals surface area contributed by atoms with E-state index in [1.165, 1.54) is 12.1 Å². The molecule has 3 aromatic carbocycles. The second-order valence-electron chi connectivity index (χ2n) is 5.52. The Bertz CT molecular complexity index is 1370. The molecule has 0 aliphatic heterocycles. The zero-order valence-corrected chi connectivity index (χ0v) is 14.8. The number of fused-ring (bicyclic) bond motifs is 2. The van der Waals surface area contributed by atoms with E-state index >= 15 is 0 Å². The highest BCUT2D eigenvalue weighted by Gasteiger charge is 2.08. The van der Waals surface area contributed by atoms with E-state index in [-0.39, 0.29) is 22.9 Å². The van der Waals surface area contributed by atoms with E-state index in [1.807, 2.05) is 24.3 Å². The van der Waals surface area contributed by atoms with Gasteiger partial charge in [-0.1, -0.05) is 30.3 Å². The first-order valence-electron chi connectivity index (χ1n) is 7.69. The number of azo groups is 1. The summed E-state index contributed by atoms with van der Waals surface area (Å²) < 4.78 is 25.3. The lowest BCUT2D eigenvalue weighted by molar-refractivity contribution is 0.474. The number of phenolic OH excluding ortho intramolecular Hbond substituents is 2. The van der Waals surface area contributed by atoms with Crippen LogP contribution in [0.5, 0.6) is 11.5 Å². The highest BCUT2D eigenvalue weighted by atomic mass is 32.2. The molecule has 1 heterocycles. The quantitative estimate of drug-likeness (QED) is 0.378. The Morgan fingerprint density at radius 1 is 0.821 bits per heavy atom. The Morgan fingerprint density at radius 3 is 2.18 bits per heavy atom. The molecule has 4 aromatic rings. The molecule has 142 valence electrons. The fourth-order valence-electron chi connectivity index (χ4n) is 2.59. The maximum Gasteiger partial charge on any atom is 0.425 e. The molecule has 4 rings (SSSR count). The third-order valence-electron chi connectivity index (χ3n) is 3.75. The van der Waals surface area contributed by atoms with Crippen molar-refractivity contribution >= 4 is 43.8 Å². The van der Waals surface area contributed by atoms with Crippen molar-refractivity contribution in [1.29, 1.82) is 0 Å². The summed E-state index contributed by atoms with van der Waals surface area (Å²) in [5.74, 6) is -0.130. The third kappa shape index (κ3) is 4.04. The van der Waals surface area contributed by atoms with Crippen LogP contribution in [0.3, 0.4) is 0 Å². The lowest BCUT2D eigenvalue weighted by Gasteiger charge is -2.04. The molecule has 0 saturated carbocycles. The fraction of sp³-hybridized carbons (Fsp3) is 0. The number of hydrogen-bond acceptors (Lipinski definition) is 8. The maximum absolute atomic E-state index is 11.3. The van der Waals surface area contributed by atoms with E-state index in [1.54, 1.807) is 12.1 Å². The Balaban J connectivity index is 0.000000516. The first-order chi connectivity index (χ1) is 13.3. The number of aromatic hydroxyl groups is 2. The van der Waals surface area contributed by atoms with Gasteiger partial charge in [0.05, 0.1) is 11.0 Å². The Labute approximate surface area is 157 Å². The summed E-state index contributed by atoms with van der Waals surface area (Å²) in [4.78, 5) is 16.4. The van der Waals surface area contributed by atoms with E-state index < -0.39 is 10.6 Å². The molecule has 0 bridgehead atoms. The minimum Gasteiger partial charge on any atom is -0.506 e. The van der Waals surface area contributed by atoms with E-state index in [0.29, 0.717) is 16.7 Å². The molecule has 0 fully saturated rings. The smallest absolute Gasteiger partial charge is 0.425 e. The summed E-state index contributed by atoms with van der Waals surface area (Å²) in [5.41, 5.74) is 1.11. The van der Waals surface area contributed by atoms with Crippen LogP contribution < -0.4 is 5.69 Å². The summed E-state index contributed by atoms with van der Waals surface area (Å²) in [7, 11) is -3.11. The molecule has 0 saturated heterocycles. The lowest BCUT2D eigenvalue weighted by atomic mass is 10.1. The van der Waals surface area contributed by atoms with Crippen molar-refractivity contribution in [2.24, 2.45) is 10.2 Å². The highest BCUT2D eigenvalue weighted by Crippen LogP contribution is 2.37. The number of nitrogens with one attached hydrogen (secondary N) is 2. The van der Waals surface area contributed by atoms with Crippen LogP contribution in [0.4, 0.5) is 11.4 Å². The molecule has 0 aliphatic carbocycles. The van der Waals surface area contributed by atoms with Gasteiger partial charge < -0.3 is 20.2 Å². The molecule has 1 aromatic heterocycles. The van der Waals surface area contributed by atoms with Crippen molar-refractivity contribution in [3.8, 4) is 11.5 Å². The minimum atomic E-state index is -3.11. The average molecular weight is 400 g/mol. The van der Waals surface area contributed by atoms with Crippen molar-refractivity contribution in [1.82, 2.24) is 9.97 Å². The normalized spacial score (nSPS) is 10.9. The van der Waals surface area contributed by atoms with Crippen LogP contribution in [-0.4, -0.2) is 32.8 Å². The van der Waals surface area contributed by atoms with Gasteiger partial charge in [-0.2, -0.15) is 0 Å². The van der Waals surface area contributed by atoms with Crippen LogP contribution in [0.15, 0.2) is 63.6 Å². The number of phenols is 2. The molecule has 0 spiro atoms. The van der Waals surface area contributed by atoms with Gasteiger partial charge >= 0.3 is 16.3 Å². The summed E-state index contributed by atoms with van der Waals surface area (Å²) in [6.07, 6.45) is 0. The van der Waals surface area contributed by atoms with Gasteiger partial charge in [0.1, 0.15) is 22.9 Å². The monoisotopic (exact) mass is 400 g/mol. The standard InChI is InChI=1S/C17H12N4O3.O3S/c22-14-6-5-9-3-1-2-4-10(9)16(14)21-20-13-7-11-12(8-15(13)23)19-17(24)18-11;1-4(2)3/h1-8,22-23H,(H2,18,19,24);. The number of benzene rings is 3. The van der Waals surface area contributed by atoms with E-state index in [4.69, 9.17) is 12.6 Å². The predicted octanol–water partition coefficient (Wildman–Crippen LogP) is 2.83. The zero-order valence-electron chi connectivity index (χ0n) is 13.9. The molecule has 28 heavy (non-hydrogen) atoms. The number of hydrogen-bond donors (Lipinski definition) is 4. The number of imidazole rings is 1. The van der Waals surface area contributed by atoms with Crippen molar-refractivity contribution in [2.75, 3.05) is 0 Å². The van der Waals surface area contributed by atoms with Crippen molar-refractivity contribution in [3.05, 3.63) is 59.0 Å². The Hall–Kier alpha value is -3.99. The topological polar surface area (TPSA) is 165 Å². The van der Waals surface area contributed by atoms with E-state index in [0.717, 1.165) is 10.8 Å². The van der Waals surface area contributed by atoms with Gasteiger partial charge in [-0.05, 0) is 17.5 Å². The van der Waals surface area contributed by atoms with Crippen LogP contribution in [0.2, 0.25) is 0 Å². The van der Waals surface area contributed by atoms with Crippen LogP contribution >= 0.6 is 0 Å². The molecule has 0 unspecified atom stereocenters. The van der Waals surface area contributed by atoms with Crippen molar-refractivity contribution in [2.45, 2.75) is 0 Å². The second-order valence-corrected chi connectivity index (χ2v) is 5.93. The predicted molar refractivity (Wildman–Crippen MR) is 100 cm³/mol. The summed E-state index contributed by atoms with van der Waals surface area (Å²) in [6, 6.07) is 13.7. The zero-order chi connectivity index (χ0) is 20.3. The van der Waals surface area contributed by atoms with Gasteiger partial charge in [0.15, 0.2) is 0 Å².